The number of amides is 1. The smallest absolute Gasteiger partial charge is 0.315 e. The predicted molar refractivity (Wildman–Crippen MR) is 104 cm³/mol. The van der Waals surface area contributed by atoms with Crippen LogP contribution in [0, 0.1) is 11.3 Å². The summed E-state index contributed by atoms with van der Waals surface area (Å²) in [6.07, 6.45) is 2.08. The minimum absolute atomic E-state index is 0.0235. The van der Waals surface area contributed by atoms with Crippen LogP contribution in [0.15, 0.2) is 53.5 Å². The zero-order valence-electron chi connectivity index (χ0n) is 15.8. The van der Waals surface area contributed by atoms with Gasteiger partial charge in [-0.25, -0.2) is 0 Å². The van der Waals surface area contributed by atoms with Crippen LogP contribution in [0.25, 0.3) is 0 Å². The van der Waals surface area contributed by atoms with E-state index in [1.807, 2.05) is 23.1 Å². The summed E-state index contributed by atoms with van der Waals surface area (Å²) in [7, 11) is 0. The summed E-state index contributed by atoms with van der Waals surface area (Å²) in [5.74, 6) is -0.759. The van der Waals surface area contributed by atoms with Gasteiger partial charge in [0.2, 0.25) is 0 Å². The fraction of sp³-hybridized carbons (Fsp3) is 0.350. The van der Waals surface area contributed by atoms with Crippen molar-refractivity contribution in [3.8, 4) is 6.07 Å². The normalized spacial score (nSPS) is 13.2. The molecule has 1 aromatic carbocycles. The highest BCUT2D eigenvalue weighted by atomic mass is 19.3. The van der Waals surface area contributed by atoms with Gasteiger partial charge in [0.25, 0.3) is 11.5 Å². The lowest BCUT2D eigenvalue weighted by atomic mass is 10.2. The largest absolute Gasteiger partial charge is 0.378 e. The molecule has 1 N–H and O–H groups in total. The van der Waals surface area contributed by atoms with Crippen LogP contribution in [0.1, 0.15) is 16.8 Å². The standard InChI is InChI=1S/C12H15N3O2.C8H7F2NO/c13-4-2-6-15-5-1-3-11(12(15)16)14-7-9-17-10-8-14;9-8(10)11-7(12)6-4-2-1-3-5-6/h1,3,5H,2,6-10H2;1-5,8H,(H,11,12). The van der Waals surface area contributed by atoms with Gasteiger partial charge in [-0.2, -0.15) is 14.0 Å². The molecular formula is C20H22F2N4O3. The number of nitrogens with one attached hydrogen (secondary N) is 1. The van der Waals surface area contributed by atoms with E-state index in [-0.39, 0.29) is 11.1 Å². The van der Waals surface area contributed by atoms with Gasteiger partial charge in [0.05, 0.1) is 25.7 Å². The van der Waals surface area contributed by atoms with Crippen molar-refractivity contribution in [2.24, 2.45) is 0 Å². The molecule has 1 saturated heterocycles. The summed E-state index contributed by atoms with van der Waals surface area (Å²) >= 11 is 0. The number of aromatic nitrogens is 1. The molecule has 1 fully saturated rings. The topological polar surface area (TPSA) is 87.4 Å². The van der Waals surface area contributed by atoms with Gasteiger partial charge >= 0.3 is 6.55 Å². The minimum atomic E-state index is -2.81. The number of anilines is 1. The maximum atomic E-state index is 12.1. The van der Waals surface area contributed by atoms with Crippen molar-refractivity contribution in [2.75, 3.05) is 31.2 Å². The number of nitrogens with zero attached hydrogens (tertiary/aromatic N) is 3. The van der Waals surface area contributed by atoms with Crippen LogP contribution < -0.4 is 15.8 Å². The van der Waals surface area contributed by atoms with Gasteiger partial charge in [0.15, 0.2) is 0 Å². The molecular weight excluding hydrogens is 382 g/mol. The molecule has 0 unspecified atom stereocenters. The average molecular weight is 404 g/mol. The number of halogens is 2. The average Bonchev–Trinajstić information content (AvgIpc) is 2.74. The van der Waals surface area contributed by atoms with Crippen LogP contribution in [0.4, 0.5) is 14.5 Å². The molecule has 0 bridgehead atoms. The second kappa shape index (κ2) is 11.6. The number of benzene rings is 1. The Morgan fingerprint density at radius 3 is 2.48 bits per heavy atom. The zero-order valence-corrected chi connectivity index (χ0v) is 15.8. The quantitative estimate of drug-likeness (QED) is 0.773. The molecule has 0 atom stereocenters. The van der Waals surface area contributed by atoms with Crippen molar-refractivity contribution >= 4 is 11.6 Å². The molecule has 1 aromatic heterocycles. The first-order chi connectivity index (χ1) is 14.0. The van der Waals surface area contributed by atoms with Gasteiger partial charge < -0.3 is 14.2 Å². The van der Waals surface area contributed by atoms with E-state index in [1.54, 1.807) is 29.0 Å². The first-order valence-electron chi connectivity index (χ1n) is 9.06. The maximum absolute atomic E-state index is 12.1. The Bertz CT molecular complexity index is 875. The molecule has 2 heterocycles. The number of hydrogen-bond acceptors (Lipinski definition) is 5. The highest BCUT2D eigenvalue weighted by Crippen LogP contribution is 2.09. The zero-order chi connectivity index (χ0) is 21.1. The van der Waals surface area contributed by atoms with Crippen LogP contribution in [0.5, 0.6) is 0 Å². The Morgan fingerprint density at radius 2 is 1.86 bits per heavy atom. The third kappa shape index (κ3) is 7.01. The van der Waals surface area contributed by atoms with Crippen LogP contribution in [-0.2, 0) is 11.3 Å². The second-order valence-electron chi connectivity index (χ2n) is 6.04. The summed E-state index contributed by atoms with van der Waals surface area (Å²) in [6.45, 7) is 0.458. The predicted octanol–water partition coefficient (Wildman–Crippen LogP) is 2.24. The van der Waals surface area contributed by atoms with E-state index in [0.717, 1.165) is 13.1 Å². The first-order valence-corrected chi connectivity index (χ1v) is 9.06. The number of carbonyl (C=O) groups excluding carboxylic acids is 1. The lowest BCUT2D eigenvalue weighted by Gasteiger charge is -2.28. The van der Waals surface area contributed by atoms with Crippen LogP contribution in [0.2, 0.25) is 0 Å². The van der Waals surface area contributed by atoms with Gasteiger partial charge in [-0.3, -0.25) is 14.9 Å². The second-order valence-corrected chi connectivity index (χ2v) is 6.04. The number of alkyl halides is 2. The summed E-state index contributed by atoms with van der Waals surface area (Å²) in [6, 6.07) is 13.6. The molecule has 1 aliphatic heterocycles. The van der Waals surface area contributed by atoms with E-state index in [9.17, 15) is 18.4 Å². The highest BCUT2D eigenvalue weighted by Gasteiger charge is 2.14. The Morgan fingerprint density at radius 1 is 1.17 bits per heavy atom. The molecule has 7 nitrogen and oxygen atoms in total. The molecule has 154 valence electrons. The van der Waals surface area contributed by atoms with Gasteiger partial charge in [-0.05, 0) is 24.3 Å². The number of pyridine rings is 1. The number of nitriles is 1. The molecule has 0 radical (unpaired) electrons. The molecule has 1 amide bonds. The molecule has 1 aliphatic rings. The fourth-order valence-corrected chi connectivity index (χ4v) is 2.69. The van der Waals surface area contributed by atoms with Crippen molar-refractivity contribution in [1.82, 2.24) is 9.88 Å². The van der Waals surface area contributed by atoms with Crippen molar-refractivity contribution < 1.29 is 18.3 Å². The van der Waals surface area contributed by atoms with E-state index in [1.165, 1.54) is 17.4 Å². The number of carbonyl (C=O) groups is 1. The molecule has 9 heteroatoms. The number of rotatable bonds is 5. The van der Waals surface area contributed by atoms with Crippen LogP contribution >= 0.6 is 0 Å². The van der Waals surface area contributed by atoms with E-state index in [4.69, 9.17) is 10.00 Å². The van der Waals surface area contributed by atoms with Gasteiger partial charge in [0, 0.05) is 31.4 Å². The van der Waals surface area contributed by atoms with Crippen molar-refractivity contribution in [3.05, 3.63) is 64.6 Å². The van der Waals surface area contributed by atoms with Crippen molar-refractivity contribution in [1.29, 1.82) is 5.26 Å². The molecule has 0 aliphatic carbocycles. The molecule has 0 saturated carbocycles. The number of ether oxygens (including phenoxy) is 1. The van der Waals surface area contributed by atoms with E-state index >= 15 is 0 Å². The molecule has 0 spiro atoms. The van der Waals surface area contributed by atoms with Gasteiger partial charge in [-0.15, -0.1) is 0 Å². The van der Waals surface area contributed by atoms with Crippen molar-refractivity contribution in [3.63, 3.8) is 0 Å². The maximum Gasteiger partial charge on any atom is 0.315 e. The lowest BCUT2D eigenvalue weighted by Crippen LogP contribution is -2.40. The molecule has 29 heavy (non-hydrogen) atoms. The SMILES string of the molecule is N#CCCn1cccc(N2CCOCC2)c1=O.O=C(NC(F)F)c1ccccc1. The van der Waals surface area contributed by atoms with Crippen molar-refractivity contribution in [2.45, 2.75) is 19.5 Å². The lowest BCUT2D eigenvalue weighted by molar-refractivity contribution is 0.0699. The van der Waals surface area contributed by atoms with E-state index in [2.05, 4.69) is 0 Å². The summed E-state index contributed by atoms with van der Waals surface area (Å²) in [5, 5.41) is 10.0. The van der Waals surface area contributed by atoms with E-state index in [0.29, 0.717) is 31.9 Å². The molecule has 2 aromatic rings. The van der Waals surface area contributed by atoms with Gasteiger partial charge in [-0.1, -0.05) is 18.2 Å². The highest BCUT2D eigenvalue weighted by molar-refractivity contribution is 5.94. The Kier molecular flexibility index (Phi) is 8.79. The van der Waals surface area contributed by atoms with Crippen LogP contribution in [-0.4, -0.2) is 43.3 Å². The Hall–Kier alpha value is -3.25. The number of aryl methyl sites for hydroxylation is 1. The summed E-state index contributed by atoms with van der Waals surface area (Å²) < 4.78 is 30.1. The Balaban J connectivity index is 0.000000221. The molecule has 3 rings (SSSR count). The summed E-state index contributed by atoms with van der Waals surface area (Å²) in [4.78, 5) is 25.0. The Labute approximate surface area is 167 Å². The number of hydrogen-bond donors (Lipinski definition) is 1. The van der Waals surface area contributed by atoms with Gasteiger partial charge in [0.1, 0.15) is 5.69 Å². The van der Waals surface area contributed by atoms with E-state index < -0.39 is 12.5 Å². The first kappa shape index (κ1) is 22.0. The fourth-order valence-electron chi connectivity index (χ4n) is 2.69. The summed E-state index contributed by atoms with van der Waals surface area (Å²) in [5.41, 5.74) is 0.913. The number of morpholine rings is 1. The minimum Gasteiger partial charge on any atom is -0.378 e. The van der Waals surface area contributed by atoms with Crippen LogP contribution in [0.3, 0.4) is 0 Å². The third-order valence-corrected chi connectivity index (χ3v) is 4.09. The third-order valence-electron chi connectivity index (χ3n) is 4.09. The monoisotopic (exact) mass is 404 g/mol.